The zero-order valence-electron chi connectivity index (χ0n) is 10.3. The Bertz CT molecular complexity index is 300. The fourth-order valence-electron chi connectivity index (χ4n) is 1.31. The molecule has 0 aliphatic rings. The van der Waals surface area contributed by atoms with E-state index in [0.717, 1.165) is 31.3 Å². The number of nitrogens with one attached hydrogen (secondary N) is 2. The van der Waals surface area contributed by atoms with Crippen LogP contribution in [0.25, 0.3) is 0 Å². The highest BCUT2D eigenvalue weighted by atomic mass is 127. The first kappa shape index (κ1) is 16.6. The molecule has 1 heterocycles. The maximum atomic E-state index is 4.15. The molecular formula is C11H21IN4S. The number of aliphatic imine (C=N–C) groups is 1. The summed E-state index contributed by atoms with van der Waals surface area (Å²) in [5.74, 6) is 1.97. The molecule has 17 heavy (non-hydrogen) atoms. The smallest absolute Gasteiger partial charge is 0.191 e. The molecule has 0 aliphatic carbocycles. The maximum absolute atomic E-state index is 4.15. The number of nitrogens with zero attached hydrogens (tertiary/aromatic N) is 2. The Balaban J connectivity index is 0.00000256. The van der Waals surface area contributed by atoms with Gasteiger partial charge in [0.1, 0.15) is 0 Å². The highest BCUT2D eigenvalue weighted by molar-refractivity contribution is 14.0. The van der Waals surface area contributed by atoms with Crippen LogP contribution in [0.3, 0.4) is 0 Å². The second-order valence-corrected chi connectivity index (χ2v) is 4.33. The van der Waals surface area contributed by atoms with E-state index in [1.165, 1.54) is 0 Å². The largest absolute Gasteiger partial charge is 0.356 e. The van der Waals surface area contributed by atoms with Crippen LogP contribution in [-0.4, -0.2) is 42.7 Å². The van der Waals surface area contributed by atoms with Crippen molar-refractivity contribution in [3.8, 4) is 0 Å². The van der Waals surface area contributed by atoms with E-state index in [9.17, 15) is 0 Å². The minimum absolute atomic E-state index is 0. The van der Waals surface area contributed by atoms with Gasteiger partial charge in [0.05, 0.1) is 0 Å². The SMILES string of the molecule is CN=C(NCCSC)NCCn1cccc1.I. The minimum atomic E-state index is 0. The van der Waals surface area contributed by atoms with E-state index in [-0.39, 0.29) is 24.0 Å². The first-order valence-electron chi connectivity index (χ1n) is 5.41. The Morgan fingerprint density at radius 1 is 1.24 bits per heavy atom. The normalized spacial score (nSPS) is 10.8. The molecule has 0 radical (unpaired) electrons. The monoisotopic (exact) mass is 368 g/mol. The third kappa shape index (κ3) is 7.54. The Morgan fingerprint density at radius 3 is 2.47 bits per heavy atom. The third-order valence-corrected chi connectivity index (χ3v) is 2.76. The van der Waals surface area contributed by atoms with Crippen LogP contribution in [0.15, 0.2) is 29.5 Å². The Labute approximate surface area is 125 Å². The fraction of sp³-hybridized carbons (Fsp3) is 0.545. The van der Waals surface area contributed by atoms with E-state index in [0.29, 0.717) is 0 Å². The average molecular weight is 368 g/mol. The molecule has 0 aromatic carbocycles. The van der Waals surface area contributed by atoms with Crippen LogP contribution in [-0.2, 0) is 6.54 Å². The van der Waals surface area contributed by atoms with Gasteiger partial charge in [-0.1, -0.05) is 0 Å². The molecule has 1 rings (SSSR count). The molecule has 1 aromatic rings. The number of halogens is 1. The maximum Gasteiger partial charge on any atom is 0.191 e. The van der Waals surface area contributed by atoms with Gasteiger partial charge in [0.25, 0.3) is 0 Å². The van der Waals surface area contributed by atoms with Gasteiger partial charge in [-0.05, 0) is 18.4 Å². The van der Waals surface area contributed by atoms with E-state index in [1.807, 2.05) is 23.9 Å². The van der Waals surface area contributed by atoms with Crippen molar-refractivity contribution in [2.45, 2.75) is 6.54 Å². The molecule has 0 saturated heterocycles. The van der Waals surface area contributed by atoms with Crippen LogP contribution in [0.4, 0.5) is 0 Å². The number of aromatic nitrogens is 1. The lowest BCUT2D eigenvalue weighted by Crippen LogP contribution is -2.39. The first-order chi connectivity index (χ1) is 7.86. The summed E-state index contributed by atoms with van der Waals surface area (Å²) in [6.45, 7) is 2.79. The zero-order valence-corrected chi connectivity index (χ0v) is 13.5. The van der Waals surface area contributed by atoms with Crippen molar-refractivity contribution in [3.05, 3.63) is 24.5 Å². The molecule has 0 amide bonds. The predicted molar refractivity (Wildman–Crippen MR) is 87.6 cm³/mol. The lowest BCUT2D eigenvalue weighted by molar-refractivity contribution is 0.667. The highest BCUT2D eigenvalue weighted by Crippen LogP contribution is 1.88. The molecule has 1 aromatic heterocycles. The van der Waals surface area contributed by atoms with Gasteiger partial charge in [-0.25, -0.2) is 0 Å². The second-order valence-electron chi connectivity index (χ2n) is 3.34. The molecular weight excluding hydrogens is 347 g/mol. The van der Waals surface area contributed by atoms with Crippen molar-refractivity contribution in [2.24, 2.45) is 4.99 Å². The van der Waals surface area contributed by atoms with Crippen molar-refractivity contribution in [3.63, 3.8) is 0 Å². The summed E-state index contributed by atoms with van der Waals surface area (Å²) in [6, 6.07) is 4.07. The molecule has 0 unspecified atom stereocenters. The topological polar surface area (TPSA) is 41.4 Å². The molecule has 0 atom stereocenters. The van der Waals surface area contributed by atoms with Crippen LogP contribution in [0.1, 0.15) is 0 Å². The number of hydrogen-bond donors (Lipinski definition) is 2. The zero-order chi connectivity index (χ0) is 11.6. The molecule has 0 saturated carbocycles. The number of hydrogen-bond acceptors (Lipinski definition) is 2. The van der Waals surface area contributed by atoms with Gasteiger partial charge in [-0.2, -0.15) is 11.8 Å². The summed E-state index contributed by atoms with van der Waals surface area (Å²) < 4.78 is 2.14. The van der Waals surface area contributed by atoms with Crippen molar-refractivity contribution in [2.75, 3.05) is 32.1 Å². The second kappa shape index (κ2) is 10.8. The predicted octanol–water partition coefficient (Wildman–Crippen LogP) is 1.63. The van der Waals surface area contributed by atoms with Crippen LogP contribution in [0, 0.1) is 0 Å². The van der Waals surface area contributed by atoms with Crippen molar-refractivity contribution >= 4 is 41.7 Å². The molecule has 2 N–H and O–H groups in total. The van der Waals surface area contributed by atoms with Crippen LogP contribution >= 0.6 is 35.7 Å². The van der Waals surface area contributed by atoms with Crippen molar-refractivity contribution in [1.82, 2.24) is 15.2 Å². The minimum Gasteiger partial charge on any atom is -0.356 e. The summed E-state index contributed by atoms with van der Waals surface area (Å²) in [7, 11) is 1.80. The summed E-state index contributed by atoms with van der Waals surface area (Å²) in [6.07, 6.45) is 6.22. The van der Waals surface area contributed by atoms with E-state index >= 15 is 0 Å². The van der Waals surface area contributed by atoms with Gasteiger partial charge in [-0.3, -0.25) is 4.99 Å². The Hall–Kier alpha value is -0.370. The Morgan fingerprint density at radius 2 is 1.88 bits per heavy atom. The van der Waals surface area contributed by atoms with Gasteiger partial charge in [0.2, 0.25) is 0 Å². The van der Waals surface area contributed by atoms with Crippen molar-refractivity contribution in [1.29, 1.82) is 0 Å². The third-order valence-electron chi connectivity index (χ3n) is 2.15. The molecule has 0 fully saturated rings. The number of thioether (sulfide) groups is 1. The van der Waals surface area contributed by atoms with Gasteiger partial charge in [0, 0.05) is 44.8 Å². The fourth-order valence-corrected chi connectivity index (χ4v) is 1.62. The van der Waals surface area contributed by atoms with E-state index in [1.54, 1.807) is 7.05 Å². The highest BCUT2D eigenvalue weighted by Gasteiger charge is 1.95. The van der Waals surface area contributed by atoms with Gasteiger partial charge < -0.3 is 15.2 Å². The van der Waals surface area contributed by atoms with E-state index < -0.39 is 0 Å². The Kier molecular flexibility index (Phi) is 10.5. The standard InChI is InChI=1S/C11H20N4S.HI/c1-12-11(14-6-10-16-2)13-5-9-15-7-3-4-8-15;/h3-4,7-8H,5-6,9-10H2,1-2H3,(H2,12,13,14);1H. The van der Waals surface area contributed by atoms with Gasteiger partial charge in [0.15, 0.2) is 5.96 Å². The number of rotatable bonds is 6. The molecule has 98 valence electrons. The quantitative estimate of drug-likeness (QED) is 0.347. The van der Waals surface area contributed by atoms with Crippen LogP contribution in [0.2, 0.25) is 0 Å². The van der Waals surface area contributed by atoms with E-state index in [4.69, 9.17) is 0 Å². The molecule has 0 spiro atoms. The molecule has 6 heteroatoms. The molecule has 4 nitrogen and oxygen atoms in total. The van der Waals surface area contributed by atoms with Gasteiger partial charge >= 0.3 is 0 Å². The summed E-state index contributed by atoms with van der Waals surface area (Å²) >= 11 is 1.83. The van der Waals surface area contributed by atoms with E-state index in [2.05, 4.69) is 38.8 Å². The van der Waals surface area contributed by atoms with Gasteiger partial charge in [-0.15, -0.1) is 24.0 Å². The van der Waals surface area contributed by atoms with Crippen LogP contribution in [0.5, 0.6) is 0 Å². The molecule has 0 bridgehead atoms. The number of guanidine groups is 1. The lowest BCUT2D eigenvalue weighted by atomic mass is 10.6. The average Bonchev–Trinajstić information content (AvgIpc) is 2.80. The lowest BCUT2D eigenvalue weighted by Gasteiger charge is -2.11. The summed E-state index contributed by atoms with van der Waals surface area (Å²) in [4.78, 5) is 4.15. The summed E-state index contributed by atoms with van der Waals surface area (Å²) in [5, 5.41) is 6.53. The first-order valence-corrected chi connectivity index (χ1v) is 6.80. The van der Waals surface area contributed by atoms with Crippen molar-refractivity contribution < 1.29 is 0 Å². The summed E-state index contributed by atoms with van der Waals surface area (Å²) in [5.41, 5.74) is 0. The molecule has 0 aliphatic heterocycles. The van der Waals surface area contributed by atoms with Crippen LogP contribution < -0.4 is 10.6 Å².